The summed E-state index contributed by atoms with van der Waals surface area (Å²) in [5.41, 5.74) is 0. The van der Waals surface area contributed by atoms with E-state index in [1.165, 1.54) is 0 Å². The number of hydrogen-bond donors (Lipinski definition) is 0. The van der Waals surface area contributed by atoms with Gasteiger partial charge in [0.05, 0.1) is 6.07 Å². The lowest BCUT2D eigenvalue weighted by molar-refractivity contribution is 0.368. The van der Waals surface area contributed by atoms with Gasteiger partial charge in [-0.05, 0) is 0 Å². The number of hydrogen-bond acceptors (Lipinski definition) is 2. The lowest BCUT2D eigenvalue weighted by Crippen LogP contribution is -2.02. The molecule has 1 nitrogen and oxygen atoms in total. The molecule has 0 bridgehead atoms. The Morgan fingerprint density at radius 3 is 2.23 bits per heavy atom. The van der Waals surface area contributed by atoms with Crippen LogP contribution in [0.4, 0.5) is 17.3 Å². The standard InChI is InChI=1S/C5H7OS2.BF4/c1-2-6-5-3-4-7-8-5;2-1(3,4)5/h3-4H,2H2,1H3;/q+1;-1. The Balaban J connectivity index is 0.000000252. The van der Waals surface area contributed by atoms with Gasteiger partial charge in [-0.3, -0.25) is 0 Å². The lowest BCUT2D eigenvalue weighted by atomic mass is 10.3. The largest absolute Gasteiger partial charge is 0.673 e. The number of halogens is 4. The molecule has 0 fully saturated rings. The van der Waals surface area contributed by atoms with E-state index in [0.29, 0.717) is 0 Å². The summed E-state index contributed by atoms with van der Waals surface area (Å²) in [5, 5.41) is 2.02. The van der Waals surface area contributed by atoms with Gasteiger partial charge in [-0.2, -0.15) is 0 Å². The van der Waals surface area contributed by atoms with E-state index in [1.54, 1.807) is 20.7 Å². The van der Waals surface area contributed by atoms with Gasteiger partial charge in [0.2, 0.25) is 0 Å². The molecular weight excluding hydrogens is 227 g/mol. The average Bonchev–Trinajstić information content (AvgIpc) is 2.36. The topological polar surface area (TPSA) is 11.3 Å². The van der Waals surface area contributed by atoms with Crippen LogP contribution >= 0.6 is 20.7 Å². The first kappa shape index (κ1) is 12.6. The molecule has 0 saturated heterocycles. The minimum absolute atomic E-state index is 0.771. The van der Waals surface area contributed by atoms with E-state index >= 15 is 0 Å². The van der Waals surface area contributed by atoms with Crippen molar-refractivity contribution in [2.45, 2.75) is 6.92 Å². The van der Waals surface area contributed by atoms with Gasteiger partial charge < -0.3 is 17.3 Å². The van der Waals surface area contributed by atoms with Crippen molar-refractivity contribution in [3.05, 3.63) is 20.6 Å². The maximum atomic E-state index is 9.75. The molecule has 1 aromatic heterocycles. The van der Waals surface area contributed by atoms with Gasteiger partial charge in [0.15, 0.2) is 0 Å². The first-order chi connectivity index (χ1) is 5.93. The molecule has 0 radical (unpaired) electrons. The molecule has 0 N–H and O–H groups in total. The highest BCUT2D eigenvalue weighted by atomic mass is 32.9. The Labute approximate surface area is 79.8 Å². The molecule has 0 aromatic carbocycles. The smallest absolute Gasteiger partial charge is 0.418 e. The van der Waals surface area contributed by atoms with Crippen LogP contribution in [-0.4, -0.2) is 13.9 Å². The van der Waals surface area contributed by atoms with Crippen molar-refractivity contribution in [1.29, 1.82) is 0 Å². The Morgan fingerprint density at radius 2 is 1.92 bits per heavy atom. The molecule has 0 aliphatic rings. The molecule has 1 heterocycles. The van der Waals surface area contributed by atoms with Crippen molar-refractivity contribution in [3.8, 4) is 0 Å². The van der Waals surface area contributed by atoms with Crippen LogP contribution in [0.25, 0.3) is 0 Å². The van der Waals surface area contributed by atoms with Gasteiger partial charge >= 0.3 is 12.0 Å². The van der Waals surface area contributed by atoms with Crippen molar-refractivity contribution in [2.24, 2.45) is 0 Å². The quantitative estimate of drug-likeness (QED) is 0.306. The van der Waals surface area contributed by atoms with Crippen molar-refractivity contribution in [3.63, 3.8) is 0 Å². The van der Waals surface area contributed by atoms with Crippen LogP contribution in [0.3, 0.4) is 0 Å². The van der Waals surface area contributed by atoms with Crippen LogP contribution in [0.15, 0.2) is 15.9 Å². The van der Waals surface area contributed by atoms with Gasteiger partial charge in [0.25, 0.3) is 6.61 Å². The van der Waals surface area contributed by atoms with E-state index in [9.17, 15) is 17.3 Å². The molecule has 8 heteroatoms. The molecule has 1 rings (SSSR count). The van der Waals surface area contributed by atoms with Crippen LogP contribution < -0.4 is 4.74 Å². The van der Waals surface area contributed by atoms with Gasteiger partial charge in [0, 0.05) is 22.6 Å². The predicted octanol–water partition coefficient (Wildman–Crippen LogP) is 3.03. The van der Waals surface area contributed by atoms with Crippen molar-refractivity contribution >= 4 is 27.9 Å². The summed E-state index contributed by atoms with van der Waals surface area (Å²) in [6.45, 7) is 2.76. The molecular formula is C5H7BF4OS2. The maximum Gasteiger partial charge on any atom is 0.673 e. The van der Waals surface area contributed by atoms with Gasteiger partial charge in [-0.15, -0.1) is 0 Å². The minimum Gasteiger partial charge on any atom is -0.418 e. The zero-order valence-electron chi connectivity index (χ0n) is 6.68. The fourth-order valence-corrected chi connectivity index (χ4v) is 2.03. The second-order valence-corrected chi connectivity index (χ2v) is 3.84. The molecule has 1 aromatic rings. The van der Waals surface area contributed by atoms with Crippen LogP contribution in [0.5, 0.6) is 0 Å². The molecule has 76 valence electrons. The Morgan fingerprint density at radius 1 is 1.38 bits per heavy atom. The predicted molar refractivity (Wildman–Crippen MR) is 49.2 cm³/mol. The summed E-state index contributed by atoms with van der Waals surface area (Å²) in [4.78, 5) is 0. The van der Waals surface area contributed by atoms with Gasteiger partial charge in [0.1, 0.15) is 0 Å². The zero-order chi connectivity index (χ0) is 10.3. The highest BCUT2D eigenvalue weighted by Gasteiger charge is 2.20. The maximum absolute atomic E-state index is 9.75. The van der Waals surface area contributed by atoms with E-state index in [2.05, 4.69) is 0 Å². The fraction of sp³-hybridized carbons (Fsp3) is 0.400. The Kier molecular flexibility index (Phi) is 5.97. The van der Waals surface area contributed by atoms with E-state index in [4.69, 9.17) is 4.42 Å². The second kappa shape index (κ2) is 6.14. The molecule has 0 saturated carbocycles. The molecule has 0 spiro atoms. The molecule has 0 aliphatic carbocycles. The first-order valence-electron chi connectivity index (χ1n) is 3.30. The van der Waals surface area contributed by atoms with Crippen LogP contribution in [-0.2, 0) is 0 Å². The molecule has 13 heavy (non-hydrogen) atoms. The normalized spacial score (nSPS) is 12.2. The summed E-state index contributed by atoms with van der Waals surface area (Å²) in [5.74, 6) is 0. The van der Waals surface area contributed by atoms with Crippen LogP contribution in [0.2, 0.25) is 0 Å². The molecule has 0 amide bonds. The van der Waals surface area contributed by atoms with E-state index < -0.39 is 7.25 Å². The Bertz CT molecular complexity index is 256. The van der Waals surface area contributed by atoms with Gasteiger partial charge in [-0.25, -0.2) is 4.42 Å². The average molecular weight is 234 g/mol. The SMILES string of the molecule is CC[O+]=c1ccss1.F[B-](F)(F)F. The third-order valence-electron chi connectivity index (χ3n) is 0.677. The monoisotopic (exact) mass is 234 g/mol. The van der Waals surface area contributed by atoms with Crippen LogP contribution in [0, 0.1) is 0 Å². The van der Waals surface area contributed by atoms with E-state index in [0.717, 1.165) is 11.3 Å². The summed E-state index contributed by atoms with van der Waals surface area (Å²) >= 11 is 0. The van der Waals surface area contributed by atoms with E-state index in [1.807, 2.05) is 18.4 Å². The van der Waals surface area contributed by atoms with Crippen molar-refractivity contribution in [2.75, 3.05) is 6.61 Å². The molecule has 0 unspecified atom stereocenters. The highest BCUT2D eigenvalue weighted by molar-refractivity contribution is 7.67. The summed E-state index contributed by atoms with van der Waals surface area (Å²) in [6.07, 6.45) is 0. The zero-order valence-corrected chi connectivity index (χ0v) is 8.31. The lowest BCUT2D eigenvalue weighted by Gasteiger charge is -1.94. The van der Waals surface area contributed by atoms with Crippen LogP contribution in [0.1, 0.15) is 6.92 Å². The van der Waals surface area contributed by atoms with Crippen molar-refractivity contribution < 1.29 is 17.3 Å². The number of rotatable bonds is 1. The second-order valence-electron chi connectivity index (χ2n) is 1.73. The summed E-state index contributed by atoms with van der Waals surface area (Å²) in [6, 6.07) is 1.98. The first-order valence-corrected chi connectivity index (χ1v) is 5.51. The fourth-order valence-electron chi connectivity index (χ4n) is 0.401. The summed E-state index contributed by atoms with van der Waals surface area (Å²) < 4.78 is 45.2. The van der Waals surface area contributed by atoms with Crippen molar-refractivity contribution in [1.82, 2.24) is 0 Å². The third kappa shape index (κ3) is 11.6. The highest BCUT2D eigenvalue weighted by Crippen LogP contribution is 2.06. The summed E-state index contributed by atoms with van der Waals surface area (Å²) in [7, 11) is -2.64. The molecule has 0 aliphatic heterocycles. The van der Waals surface area contributed by atoms with Gasteiger partial charge in [-0.1, -0.05) is 10.3 Å². The minimum atomic E-state index is -6.00. The molecule has 0 atom stereocenters. The van der Waals surface area contributed by atoms with E-state index in [-0.39, 0.29) is 0 Å². The Hall–Kier alpha value is -0.365. The third-order valence-corrected chi connectivity index (χ3v) is 2.55.